The number of carbonyl (C=O) groups excluding carboxylic acids is 2. The molecule has 1 aliphatic rings. The number of amides is 1. The second-order valence-corrected chi connectivity index (χ2v) is 5.94. The Hall–Kier alpha value is -2.37. The van der Waals surface area contributed by atoms with Gasteiger partial charge in [0, 0.05) is 18.9 Å². The summed E-state index contributed by atoms with van der Waals surface area (Å²) in [5.74, 6) is -0.546. The molecule has 2 rings (SSSR count). The van der Waals surface area contributed by atoms with Crippen LogP contribution in [0.15, 0.2) is 30.2 Å². The highest BCUT2D eigenvalue weighted by Crippen LogP contribution is 2.32. The molecule has 0 radical (unpaired) electrons. The van der Waals surface area contributed by atoms with Crippen molar-refractivity contribution < 1.29 is 19.1 Å². The molecule has 0 aromatic carbocycles. The number of pyridine rings is 1. The average molecular weight is 304 g/mol. The van der Waals surface area contributed by atoms with E-state index in [1.165, 1.54) is 12.0 Å². The smallest absolute Gasteiger partial charge is 0.415 e. The molecule has 0 bridgehead atoms. The second kappa shape index (κ2) is 6.17. The van der Waals surface area contributed by atoms with Gasteiger partial charge in [-0.25, -0.2) is 9.59 Å². The number of nitrogens with zero attached hydrogens (tertiary/aromatic N) is 2. The van der Waals surface area contributed by atoms with Crippen molar-refractivity contribution in [2.24, 2.45) is 0 Å². The number of esters is 1. The predicted octanol–water partition coefficient (Wildman–Crippen LogP) is 2.61. The maximum absolute atomic E-state index is 12.3. The molecule has 0 atom stereocenters. The van der Waals surface area contributed by atoms with Crippen LogP contribution in [0, 0.1) is 0 Å². The molecule has 0 N–H and O–H groups in total. The lowest BCUT2D eigenvalue weighted by Crippen LogP contribution is -2.37. The third-order valence-electron chi connectivity index (χ3n) is 3.16. The SMILES string of the molecule is COC(=O)C1=C(c2ccncc2)CCN1C(=O)OC(C)(C)C. The van der Waals surface area contributed by atoms with Gasteiger partial charge in [0.1, 0.15) is 11.3 Å². The molecule has 1 aliphatic heterocycles. The van der Waals surface area contributed by atoms with Gasteiger partial charge in [-0.05, 0) is 50.5 Å². The fourth-order valence-corrected chi connectivity index (χ4v) is 2.28. The topological polar surface area (TPSA) is 68.7 Å². The maximum atomic E-state index is 12.3. The van der Waals surface area contributed by atoms with Crippen molar-refractivity contribution in [3.63, 3.8) is 0 Å². The zero-order valence-corrected chi connectivity index (χ0v) is 13.3. The summed E-state index contributed by atoms with van der Waals surface area (Å²) < 4.78 is 10.2. The van der Waals surface area contributed by atoms with Gasteiger partial charge in [0.25, 0.3) is 0 Å². The van der Waals surface area contributed by atoms with Crippen molar-refractivity contribution in [1.29, 1.82) is 0 Å². The van der Waals surface area contributed by atoms with Gasteiger partial charge in [-0.2, -0.15) is 0 Å². The molecule has 0 spiro atoms. The summed E-state index contributed by atoms with van der Waals surface area (Å²) in [6.07, 6.45) is 3.31. The van der Waals surface area contributed by atoms with Crippen molar-refractivity contribution in [2.75, 3.05) is 13.7 Å². The zero-order chi connectivity index (χ0) is 16.3. The van der Waals surface area contributed by atoms with Crippen LogP contribution in [0.3, 0.4) is 0 Å². The largest absolute Gasteiger partial charge is 0.464 e. The quantitative estimate of drug-likeness (QED) is 0.786. The van der Waals surface area contributed by atoms with Crippen LogP contribution in [-0.2, 0) is 14.3 Å². The van der Waals surface area contributed by atoms with Gasteiger partial charge in [0.15, 0.2) is 0 Å². The third kappa shape index (κ3) is 3.44. The minimum absolute atomic E-state index is 0.239. The fraction of sp³-hybridized carbons (Fsp3) is 0.438. The molecule has 22 heavy (non-hydrogen) atoms. The average Bonchev–Trinajstić information content (AvgIpc) is 2.90. The van der Waals surface area contributed by atoms with Crippen molar-refractivity contribution in [2.45, 2.75) is 32.8 Å². The van der Waals surface area contributed by atoms with E-state index in [2.05, 4.69) is 4.98 Å². The van der Waals surface area contributed by atoms with E-state index < -0.39 is 17.7 Å². The van der Waals surface area contributed by atoms with Crippen LogP contribution in [0.5, 0.6) is 0 Å². The van der Waals surface area contributed by atoms with E-state index in [-0.39, 0.29) is 5.70 Å². The van der Waals surface area contributed by atoms with Crippen molar-refractivity contribution in [3.05, 3.63) is 35.8 Å². The molecule has 1 aromatic heterocycles. The Bertz CT molecular complexity index is 602. The van der Waals surface area contributed by atoms with E-state index in [4.69, 9.17) is 9.47 Å². The molecule has 2 heterocycles. The molecule has 0 aliphatic carbocycles. The molecule has 0 fully saturated rings. The Kier molecular flexibility index (Phi) is 4.49. The van der Waals surface area contributed by atoms with E-state index >= 15 is 0 Å². The van der Waals surface area contributed by atoms with Crippen LogP contribution >= 0.6 is 0 Å². The minimum Gasteiger partial charge on any atom is -0.464 e. The van der Waals surface area contributed by atoms with Crippen LogP contribution < -0.4 is 0 Å². The lowest BCUT2D eigenvalue weighted by Gasteiger charge is -2.25. The number of rotatable bonds is 2. The summed E-state index contributed by atoms with van der Waals surface area (Å²) >= 11 is 0. The Labute approximate surface area is 129 Å². The Morgan fingerprint density at radius 2 is 1.86 bits per heavy atom. The van der Waals surface area contributed by atoms with E-state index in [9.17, 15) is 9.59 Å². The number of hydrogen-bond acceptors (Lipinski definition) is 5. The first kappa shape index (κ1) is 16.0. The molecule has 0 unspecified atom stereocenters. The van der Waals surface area contributed by atoms with Gasteiger partial charge in [-0.1, -0.05) is 0 Å². The second-order valence-electron chi connectivity index (χ2n) is 5.94. The predicted molar refractivity (Wildman–Crippen MR) is 80.7 cm³/mol. The maximum Gasteiger partial charge on any atom is 0.415 e. The number of ether oxygens (including phenoxy) is 2. The highest BCUT2D eigenvalue weighted by molar-refractivity contribution is 6.01. The summed E-state index contributed by atoms with van der Waals surface area (Å²) in [6, 6.07) is 3.60. The van der Waals surface area contributed by atoms with Crippen LogP contribution in [0.1, 0.15) is 32.8 Å². The molecule has 118 valence electrons. The molecule has 6 nitrogen and oxygen atoms in total. The number of aromatic nitrogens is 1. The van der Waals surface area contributed by atoms with Gasteiger partial charge in [-0.15, -0.1) is 0 Å². The Morgan fingerprint density at radius 1 is 1.23 bits per heavy atom. The Morgan fingerprint density at radius 3 is 2.41 bits per heavy atom. The van der Waals surface area contributed by atoms with E-state index in [0.29, 0.717) is 13.0 Å². The zero-order valence-electron chi connectivity index (χ0n) is 13.3. The van der Waals surface area contributed by atoms with Gasteiger partial charge >= 0.3 is 12.1 Å². The summed E-state index contributed by atoms with van der Waals surface area (Å²) in [5.41, 5.74) is 1.22. The summed E-state index contributed by atoms with van der Waals surface area (Å²) in [7, 11) is 1.30. The molecular weight excluding hydrogens is 284 g/mol. The Balaban J connectivity index is 2.39. The molecular formula is C16H20N2O4. The van der Waals surface area contributed by atoms with E-state index in [1.54, 1.807) is 45.3 Å². The summed E-state index contributed by atoms with van der Waals surface area (Å²) in [5, 5.41) is 0. The van der Waals surface area contributed by atoms with Crippen molar-refractivity contribution in [1.82, 2.24) is 9.88 Å². The van der Waals surface area contributed by atoms with E-state index in [0.717, 1.165) is 11.1 Å². The highest BCUT2D eigenvalue weighted by Gasteiger charge is 2.35. The van der Waals surface area contributed by atoms with Gasteiger partial charge in [0.2, 0.25) is 0 Å². The minimum atomic E-state index is -0.627. The molecule has 0 saturated heterocycles. The van der Waals surface area contributed by atoms with Gasteiger partial charge in [-0.3, -0.25) is 9.88 Å². The fourth-order valence-electron chi connectivity index (χ4n) is 2.28. The summed E-state index contributed by atoms with van der Waals surface area (Å²) in [4.78, 5) is 29.8. The lowest BCUT2D eigenvalue weighted by atomic mass is 10.0. The van der Waals surface area contributed by atoms with Crippen LogP contribution in [0.4, 0.5) is 4.79 Å². The lowest BCUT2D eigenvalue weighted by molar-refractivity contribution is -0.137. The third-order valence-corrected chi connectivity index (χ3v) is 3.16. The number of hydrogen-bond donors (Lipinski definition) is 0. The van der Waals surface area contributed by atoms with Crippen LogP contribution in [0.2, 0.25) is 0 Å². The number of carbonyl (C=O) groups is 2. The molecule has 1 amide bonds. The highest BCUT2D eigenvalue weighted by atomic mass is 16.6. The molecule has 6 heteroatoms. The number of methoxy groups -OCH3 is 1. The first-order valence-electron chi connectivity index (χ1n) is 7.06. The summed E-state index contributed by atoms with van der Waals surface area (Å²) in [6.45, 7) is 5.74. The van der Waals surface area contributed by atoms with E-state index in [1.807, 2.05) is 0 Å². The van der Waals surface area contributed by atoms with Crippen molar-refractivity contribution >= 4 is 17.6 Å². The first-order chi connectivity index (χ1) is 10.3. The standard InChI is InChI=1S/C16H20N2O4/c1-16(2,3)22-15(20)18-10-7-12(13(18)14(19)21-4)11-5-8-17-9-6-11/h5-6,8-9H,7,10H2,1-4H3. The van der Waals surface area contributed by atoms with Gasteiger partial charge < -0.3 is 9.47 Å². The first-order valence-corrected chi connectivity index (χ1v) is 7.06. The van der Waals surface area contributed by atoms with Crippen LogP contribution in [-0.4, -0.2) is 41.2 Å². The normalized spacial score (nSPS) is 15.0. The van der Waals surface area contributed by atoms with Crippen LogP contribution in [0.25, 0.3) is 5.57 Å². The molecule has 1 aromatic rings. The monoisotopic (exact) mass is 304 g/mol. The van der Waals surface area contributed by atoms with Crippen molar-refractivity contribution in [3.8, 4) is 0 Å². The van der Waals surface area contributed by atoms with Gasteiger partial charge in [0.05, 0.1) is 7.11 Å². The molecule has 0 saturated carbocycles.